The summed E-state index contributed by atoms with van der Waals surface area (Å²) in [5.41, 5.74) is 1.46. The van der Waals surface area contributed by atoms with Gasteiger partial charge in [-0.1, -0.05) is 18.2 Å². The van der Waals surface area contributed by atoms with E-state index in [1.54, 1.807) is 18.2 Å². The lowest BCUT2D eigenvalue weighted by Crippen LogP contribution is -2.34. The third-order valence-corrected chi connectivity index (χ3v) is 6.53. The van der Waals surface area contributed by atoms with Gasteiger partial charge in [0.1, 0.15) is 4.21 Å². The molecule has 1 aliphatic rings. The number of nitrogens with zero attached hydrogens (tertiary/aromatic N) is 1. The molecule has 0 spiro atoms. The summed E-state index contributed by atoms with van der Waals surface area (Å²) in [6.45, 7) is 1.87. The Morgan fingerprint density at radius 3 is 2.62 bits per heavy atom. The first-order valence-corrected chi connectivity index (χ1v) is 8.67. The molecule has 1 aromatic heterocycles. The summed E-state index contributed by atoms with van der Waals surface area (Å²) in [6.07, 6.45) is 0. The third-order valence-electron chi connectivity index (χ3n) is 3.27. The summed E-state index contributed by atoms with van der Waals surface area (Å²) in [4.78, 5) is 12.8. The summed E-state index contributed by atoms with van der Waals surface area (Å²) in [7, 11) is -3.65. The molecule has 1 amide bonds. The smallest absolute Gasteiger partial charge is 0.253 e. The second-order valence-electron chi connectivity index (χ2n) is 4.84. The predicted octanol–water partition coefficient (Wildman–Crippen LogP) is 2.20. The number of hydrogen-bond donors (Lipinski definition) is 1. The highest BCUT2D eigenvalue weighted by Crippen LogP contribution is 2.28. The average Bonchev–Trinajstić information content (AvgIpc) is 2.79. The molecular weight excluding hydrogens is 308 g/mol. The lowest BCUT2D eigenvalue weighted by atomic mass is 10.2. The van der Waals surface area contributed by atoms with Gasteiger partial charge in [0.2, 0.25) is 5.91 Å². The molecule has 0 saturated heterocycles. The molecule has 0 atom stereocenters. The van der Waals surface area contributed by atoms with Gasteiger partial charge in [0.05, 0.1) is 6.54 Å². The molecule has 5 nitrogen and oxygen atoms in total. The fourth-order valence-electron chi connectivity index (χ4n) is 2.22. The van der Waals surface area contributed by atoms with Crippen molar-refractivity contribution < 1.29 is 13.2 Å². The van der Waals surface area contributed by atoms with E-state index in [0.717, 1.165) is 10.4 Å². The molecule has 7 heteroatoms. The lowest BCUT2D eigenvalue weighted by Gasteiger charge is -2.18. The van der Waals surface area contributed by atoms with E-state index in [1.165, 1.54) is 15.6 Å². The number of anilines is 1. The normalized spacial score (nSPS) is 16.1. The second kappa shape index (κ2) is 5.25. The number of amides is 1. The summed E-state index contributed by atoms with van der Waals surface area (Å²) in [5.74, 6) is -0.322. The van der Waals surface area contributed by atoms with E-state index in [0.29, 0.717) is 5.69 Å². The Morgan fingerprint density at radius 1 is 1.14 bits per heavy atom. The largest absolute Gasteiger partial charge is 0.325 e. The minimum Gasteiger partial charge on any atom is -0.325 e. The van der Waals surface area contributed by atoms with Crippen molar-refractivity contribution >= 4 is 33.0 Å². The molecule has 0 fully saturated rings. The maximum atomic E-state index is 12.7. The molecule has 110 valence electrons. The highest BCUT2D eigenvalue weighted by molar-refractivity contribution is 7.91. The first-order chi connectivity index (χ1) is 9.96. The maximum absolute atomic E-state index is 12.7. The number of rotatable bonds is 2. The molecule has 0 aliphatic carbocycles. The molecule has 1 aliphatic heterocycles. The molecular formula is C14H14N2O3S2. The molecule has 2 aromatic rings. The van der Waals surface area contributed by atoms with Gasteiger partial charge in [0.25, 0.3) is 10.0 Å². The van der Waals surface area contributed by atoms with Gasteiger partial charge in [-0.15, -0.1) is 11.3 Å². The Hall–Kier alpha value is -1.70. The van der Waals surface area contributed by atoms with Gasteiger partial charge in [-0.2, -0.15) is 4.31 Å². The zero-order valence-corrected chi connectivity index (χ0v) is 13.0. The molecule has 21 heavy (non-hydrogen) atoms. The first-order valence-electron chi connectivity index (χ1n) is 6.41. The number of fused-ring (bicyclic) bond motifs is 1. The summed E-state index contributed by atoms with van der Waals surface area (Å²) < 4.78 is 26.8. The number of para-hydroxylation sites is 1. The second-order valence-corrected chi connectivity index (χ2v) is 8.30. The zero-order chi connectivity index (χ0) is 15.0. The summed E-state index contributed by atoms with van der Waals surface area (Å²) in [6, 6.07) is 10.6. The Morgan fingerprint density at radius 2 is 1.90 bits per heavy atom. The number of carbonyl (C=O) groups excluding carboxylic acids is 1. The van der Waals surface area contributed by atoms with Crippen LogP contribution in [0.2, 0.25) is 0 Å². The van der Waals surface area contributed by atoms with Gasteiger partial charge >= 0.3 is 0 Å². The number of aryl methyl sites for hydroxylation is 1. The molecule has 0 bridgehead atoms. The molecule has 1 N–H and O–H groups in total. The van der Waals surface area contributed by atoms with Crippen molar-refractivity contribution in [2.45, 2.75) is 17.7 Å². The van der Waals surface area contributed by atoms with Gasteiger partial charge in [-0.3, -0.25) is 4.79 Å². The standard InChI is InChI=1S/C14H14N2O3S2/c1-10-6-7-14(20-10)21(18,19)16-8-11-4-2-3-5-12(11)15-13(17)9-16/h2-7H,8-9H2,1H3,(H,15,17). The van der Waals surface area contributed by atoms with Crippen molar-refractivity contribution in [2.75, 3.05) is 11.9 Å². The van der Waals surface area contributed by atoms with E-state index in [4.69, 9.17) is 0 Å². The number of carbonyl (C=O) groups is 1. The fraction of sp³-hybridized carbons (Fsp3) is 0.214. The van der Waals surface area contributed by atoms with Crippen LogP contribution in [0.3, 0.4) is 0 Å². The van der Waals surface area contributed by atoms with Crippen LogP contribution < -0.4 is 5.32 Å². The quantitative estimate of drug-likeness (QED) is 0.922. The summed E-state index contributed by atoms with van der Waals surface area (Å²) in [5, 5.41) is 2.74. The van der Waals surface area contributed by atoms with Crippen LogP contribution in [0.25, 0.3) is 0 Å². The highest BCUT2D eigenvalue weighted by atomic mass is 32.2. The van der Waals surface area contributed by atoms with Gasteiger partial charge in [0.15, 0.2) is 0 Å². The van der Waals surface area contributed by atoms with Crippen LogP contribution in [-0.2, 0) is 21.4 Å². The number of nitrogens with one attached hydrogen (secondary N) is 1. The minimum absolute atomic E-state index is 0.173. The van der Waals surface area contributed by atoms with E-state index in [9.17, 15) is 13.2 Å². The Bertz CT molecular complexity index is 796. The van der Waals surface area contributed by atoms with Crippen molar-refractivity contribution in [3.8, 4) is 0 Å². The van der Waals surface area contributed by atoms with Gasteiger partial charge in [-0.25, -0.2) is 8.42 Å². The van der Waals surface area contributed by atoms with Gasteiger partial charge in [0, 0.05) is 17.1 Å². The van der Waals surface area contributed by atoms with E-state index >= 15 is 0 Å². The lowest BCUT2D eigenvalue weighted by molar-refractivity contribution is -0.116. The molecule has 3 rings (SSSR count). The van der Waals surface area contributed by atoms with Crippen LogP contribution in [0.5, 0.6) is 0 Å². The molecule has 0 saturated carbocycles. The van der Waals surface area contributed by atoms with Gasteiger partial charge in [-0.05, 0) is 30.7 Å². The van der Waals surface area contributed by atoms with E-state index in [1.807, 2.05) is 25.1 Å². The molecule has 0 unspecified atom stereocenters. The van der Waals surface area contributed by atoms with E-state index < -0.39 is 10.0 Å². The van der Waals surface area contributed by atoms with Crippen LogP contribution >= 0.6 is 11.3 Å². The third kappa shape index (κ3) is 2.72. The predicted molar refractivity (Wildman–Crippen MR) is 81.7 cm³/mol. The Kier molecular flexibility index (Phi) is 3.56. The van der Waals surface area contributed by atoms with Crippen LogP contribution in [-0.4, -0.2) is 25.2 Å². The van der Waals surface area contributed by atoms with Crippen molar-refractivity contribution in [1.82, 2.24) is 4.31 Å². The monoisotopic (exact) mass is 322 g/mol. The highest BCUT2D eigenvalue weighted by Gasteiger charge is 2.30. The van der Waals surface area contributed by atoms with Gasteiger partial charge < -0.3 is 5.32 Å². The Balaban J connectivity index is 2.01. The van der Waals surface area contributed by atoms with Crippen molar-refractivity contribution in [2.24, 2.45) is 0 Å². The number of benzene rings is 1. The van der Waals surface area contributed by atoms with Crippen molar-refractivity contribution in [1.29, 1.82) is 0 Å². The van der Waals surface area contributed by atoms with Crippen LogP contribution in [0, 0.1) is 6.92 Å². The molecule has 1 aromatic carbocycles. The first kappa shape index (κ1) is 14.2. The average molecular weight is 322 g/mol. The number of sulfonamides is 1. The van der Waals surface area contributed by atoms with E-state index in [-0.39, 0.29) is 23.2 Å². The zero-order valence-electron chi connectivity index (χ0n) is 11.4. The maximum Gasteiger partial charge on any atom is 0.253 e. The molecule has 2 heterocycles. The summed E-state index contributed by atoms with van der Waals surface area (Å²) >= 11 is 1.22. The topological polar surface area (TPSA) is 66.5 Å². The Labute approximate surface area is 127 Å². The fourth-order valence-corrected chi connectivity index (χ4v) is 5.04. The number of thiophene rings is 1. The van der Waals surface area contributed by atoms with Crippen molar-refractivity contribution in [3.05, 3.63) is 46.8 Å². The van der Waals surface area contributed by atoms with Crippen LogP contribution in [0.4, 0.5) is 5.69 Å². The molecule has 0 radical (unpaired) electrons. The van der Waals surface area contributed by atoms with Crippen molar-refractivity contribution in [3.63, 3.8) is 0 Å². The number of hydrogen-bond acceptors (Lipinski definition) is 4. The SMILES string of the molecule is Cc1ccc(S(=O)(=O)N2CC(=O)Nc3ccccc3C2)s1. The minimum atomic E-state index is -3.65. The van der Waals surface area contributed by atoms with Crippen LogP contribution in [0.1, 0.15) is 10.4 Å². The van der Waals surface area contributed by atoms with Crippen LogP contribution in [0.15, 0.2) is 40.6 Å². The van der Waals surface area contributed by atoms with E-state index in [2.05, 4.69) is 5.32 Å².